The molecule has 7 heavy (non-hydrogen) atoms. The lowest BCUT2D eigenvalue weighted by molar-refractivity contribution is -0.138. The van der Waals surface area contributed by atoms with E-state index < -0.39 is 25.2 Å². The van der Waals surface area contributed by atoms with Crippen molar-refractivity contribution in [2.24, 2.45) is 5.73 Å². The van der Waals surface area contributed by atoms with Crippen LogP contribution in [0.5, 0.6) is 0 Å². The Hall–Kier alpha value is -0.570. The molecule has 0 fully saturated rings. The smallest absolute Gasteiger partial charge is 0.320 e. The van der Waals surface area contributed by atoms with Crippen LogP contribution in [0, 0.1) is 0 Å². The molecule has 0 saturated carbocycles. The van der Waals surface area contributed by atoms with Crippen molar-refractivity contribution >= 4 is 5.97 Å². The Labute approximate surface area is 50.6 Å². The first-order valence-electron chi connectivity index (χ1n) is 4.47. The van der Waals surface area contributed by atoms with Crippen LogP contribution in [-0.2, 0) is 4.79 Å². The van der Waals surface area contributed by atoms with Crippen molar-refractivity contribution in [2.45, 2.75) is 19.2 Å². The second kappa shape index (κ2) is 2.58. The topological polar surface area (TPSA) is 63.3 Å². The van der Waals surface area contributed by atoms with Crippen LogP contribution in [0.3, 0.4) is 0 Å². The summed E-state index contributed by atoms with van der Waals surface area (Å²) >= 11 is 0. The van der Waals surface area contributed by atoms with E-state index in [1.165, 1.54) is 0 Å². The summed E-state index contributed by atoms with van der Waals surface area (Å²) in [4.78, 5) is 10.3. The Morgan fingerprint density at radius 2 is 3.14 bits per heavy atom. The van der Waals surface area contributed by atoms with Crippen molar-refractivity contribution in [3.63, 3.8) is 0 Å². The minimum Gasteiger partial charge on any atom is -0.480 e. The minimum absolute atomic E-state index is 2.02. The summed E-state index contributed by atoms with van der Waals surface area (Å²) in [5, 5.41) is 8.34. The van der Waals surface area contributed by atoms with E-state index in [-0.39, 0.29) is 0 Å². The van der Waals surface area contributed by atoms with E-state index in [0.717, 1.165) is 0 Å². The fourth-order valence-corrected chi connectivity index (χ4v) is 0.0535. The highest BCUT2D eigenvalue weighted by Crippen LogP contribution is 1.82. The molecule has 0 spiro atoms. The molecule has 0 bridgehead atoms. The normalized spacial score (nSPS) is 34.4. The van der Waals surface area contributed by atoms with E-state index in [9.17, 15) is 4.79 Å². The van der Waals surface area contributed by atoms with Gasteiger partial charge in [-0.1, -0.05) is 6.85 Å². The fourth-order valence-electron chi connectivity index (χ4n) is 0.0535. The van der Waals surface area contributed by atoms with Gasteiger partial charge in [0.2, 0.25) is 0 Å². The van der Waals surface area contributed by atoms with Crippen LogP contribution in [0.25, 0.3) is 0 Å². The maximum atomic E-state index is 10.3. The molecule has 0 aliphatic rings. The third kappa shape index (κ3) is 2.17. The zero-order valence-corrected chi connectivity index (χ0v) is 3.43. The molecule has 0 saturated heterocycles. The molecule has 42 valence electrons. The van der Waals surface area contributed by atoms with E-state index in [1.54, 1.807) is 0 Å². The molecule has 0 aromatic rings. The lowest BCUT2D eigenvalue weighted by Crippen LogP contribution is -2.28. The average molecular weight is 109 g/mol. The molecule has 0 amide bonds. The molecular weight excluding hydrogens is 94.0 g/mol. The average Bonchev–Trinajstić information content (AvgIpc) is 1.84. The number of carboxylic acids is 1. The van der Waals surface area contributed by atoms with Gasteiger partial charge in [-0.2, -0.15) is 0 Å². The Kier molecular flexibility index (Phi) is 0.534. The first-order chi connectivity index (χ1) is 5.44. The summed E-state index contributed by atoms with van der Waals surface area (Å²) in [6.45, 7) is -3.25. The zero-order chi connectivity index (χ0) is 11.1. The van der Waals surface area contributed by atoms with Gasteiger partial charge >= 0.3 is 5.97 Å². The number of hydrogen-bond acceptors (Lipinski definition) is 2. The van der Waals surface area contributed by atoms with Crippen LogP contribution in [0.15, 0.2) is 0 Å². The lowest BCUT2D eigenvalue weighted by atomic mass is 10.2. The van der Waals surface area contributed by atoms with Crippen LogP contribution >= 0.6 is 0 Å². The Bertz CT molecular complexity index is 221. The van der Waals surface area contributed by atoms with Crippen molar-refractivity contribution in [1.82, 2.24) is 0 Å². The largest absolute Gasteiger partial charge is 0.480 e. The molecule has 3 N–H and O–H groups in total. The molecule has 0 aliphatic carbocycles. The summed E-state index contributed by atoms with van der Waals surface area (Å²) in [6, 6.07) is -3.18. The fraction of sp³-hybridized carbons (Fsp3) is 0.750. The van der Waals surface area contributed by atoms with Gasteiger partial charge in [0.25, 0.3) is 0 Å². The molecule has 3 nitrogen and oxygen atoms in total. The van der Waals surface area contributed by atoms with Crippen LogP contribution < -0.4 is 5.73 Å². The van der Waals surface area contributed by atoms with Crippen molar-refractivity contribution in [1.29, 1.82) is 0 Å². The summed E-state index contributed by atoms with van der Waals surface area (Å²) in [5.74, 6) is -2.02. The van der Waals surface area contributed by atoms with Crippen molar-refractivity contribution in [2.75, 3.05) is 0 Å². The van der Waals surface area contributed by atoms with Crippen LogP contribution in [-0.4, -0.2) is 17.1 Å². The molecule has 0 unspecified atom stereocenters. The molecule has 0 aliphatic heterocycles. The highest BCUT2D eigenvalue weighted by Gasteiger charge is 2.05. The Morgan fingerprint density at radius 1 is 2.57 bits per heavy atom. The monoisotopic (exact) mass is 109 g/mol. The quantitative estimate of drug-likeness (QED) is 0.516. The SMILES string of the molecule is [2H]C([2H])([2H])C([2H])([2H])[C@]([2H])(N)C(=O)O. The van der Waals surface area contributed by atoms with Gasteiger partial charge in [0.05, 0.1) is 1.37 Å². The summed E-state index contributed by atoms with van der Waals surface area (Å²) < 4.78 is 40.8. The first-order valence-corrected chi connectivity index (χ1v) is 1.47. The number of rotatable bonds is 2. The molecular formula is C4H9NO2. The standard InChI is InChI=1S/C4H9NO2/c1-2-3(5)4(6)7/h3H,2,5H2,1H3,(H,6,7)/t3-/m0/s1/i1D3,2D2,3D. The van der Waals surface area contributed by atoms with E-state index >= 15 is 0 Å². The van der Waals surface area contributed by atoms with Crippen LogP contribution in [0.4, 0.5) is 0 Å². The van der Waals surface area contributed by atoms with E-state index in [2.05, 4.69) is 0 Å². The minimum atomic E-state index is -3.30. The van der Waals surface area contributed by atoms with E-state index in [4.69, 9.17) is 19.1 Å². The van der Waals surface area contributed by atoms with Gasteiger partial charge in [-0.3, -0.25) is 4.79 Å². The number of carbonyl (C=O) groups is 1. The van der Waals surface area contributed by atoms with Crippen molar-refractivity contribution < 1.29 is 18.1 Å². The molecule has 3 heteroatoms. The molecule has 0 rings (SSSR count). The molecule has 0 heterocycles. The maximum Gasteiger partial charge on any atom is 0.320 e. The number of hydrogen-bond donors (Lipinski definition) is 2. The summed E-state index contributed by atoms with van der Waals surface area (Å²) in [6.07, 6.45) is -3.30. The molecule has 1 atom stereocenters. The van der Waals surface area contributed by atoms with Gasteiger partial charge in [0, 0.05) is 6.85 Å². The maximum absolute atomic E-state index is 10.3. The van der Waals surface area contributed by atoms with Crippen molar-refractivity contribution in [3.8, 4) is 0 Å². The molecule has 0 aromatic heterocycles. The third-order valence-corrected chi connectivity index (χ3v) is 0.365. The second-order valence-electron chi connectivity index (χ2n) is 0.844. The number of carboxylic acid groups (broad SMARTS) is 1. The van der Waals surface area contributed by atoms with Gasteiger partial charge < -0.3 is 10.8 Å². The predicted octanol–water partition coefficient (Wildman–Crippen LogP) is -0.192. The highest BCUT2D eigenvalue weighted by atomic mass is 16.4. The Morgan fingerprint density at radius 3 is 3.29 bits per heavy atom. The predicted molar refractivity (Wildman–Crippen MR) is 25.9 cm³/mol. The zero-order valence-electron chi connectivity index (χ0n) is 9.43. The van der Waals surface area contributed by atoms with Gasteiger partial charge in [0.15, 0.2) is 0 Å². The molecule has 0 aromatic carbocycles. The summed E-state index contributed by atoms with van der Waals surface area (Å²) in [5.41, 5.74) is 4.76. The number of aliphatic carboxylic acids is 1. The first kappa shape index (κ1) is 1.45. The second-order valence-corrected chi connectivity index (χ2v) is 0.844. The van der Waals surface area contributed by atoms with Crippen LogP contribution in [0.1, 0.15) is 21.4 Å². The van der Waals surface area contributed by atoms with Gasteiger partial charge in [0.1, 0.15) is 6.02 Å². The number of nitrogens with two attached hydrogens (primary N) is 1. The molecule has 0 radical (unpaired) electrons. The Balaban J connectivity index is 5.16. The van der Waals surface area contributed by atoms with E-state index in [1.807, 2.05) is 0 Å². The van der Waals surface area contributed by atoms with Gasteiger partial charge in [-0.25, -0.2) is 0 Å². The van der Waals surface area contributed by atoms with Crippen molar-refractivity contribution in [3.05, 3.63) is 0 Å². The lowest BCUT2D eigenvalue weighted by Gasteiger charge is -1.97. The van der Waals surface area contributed by atoms with E-state index in [0.29, 0.717) is 0 Å². The highest BCUT2D eigenvalue weighted by molar-refractivity contribution is 5.72. The summed E-state index contributed by atoms with van der Waals surface area (Å²) in [7, 11) is 0. The van der Waals surface area contributed by atoms with Crippen LogP contribution in [0.2, 0.25) is 0 Å². The van der Waals surface area contributed by atoms with Gasteiger partial charge in [-0.05, 0) is 6.37 Å². The third-order valence-electron chi connectivity index (χ3n) is 0.365. The van der Waals surface area contributed by atoms with Gasteiger partial charge in [-0.15, -0.1) is 0 Å².